The Bertz CT molecular complexity index is 2110. The smallest absolute Gasteiger partial charge is 0.313 e. The fraction of sp³-hybridized carbons (Fsp3) is 0.409. The zero-order valence-electron chi connectivity index (χ0n) is 32.4. The van der Waals surface area contributed by atoms with Crippen molar-refractivity contribution in [3.05, 3.63) is 121 Å². The molecule has 0 saturated carbocycles. The molecule has 2 bridgehead atoms. The van der Waals surface area contributed by atoms with Gasteiger partial charge in [0.15, 0.2) is 0 Å². The molecule has 57 heavy (non-hydrogen) atoms. The largest absolute Gasteiger partial charge is 0.455 e. The van der Waals surface area contributed by atoms with Gasteiger partial charge in [-0.2, -0.15) is 0 Å². The summed E-state index contributed by atoms with van der Waals surface area (Å²) in [5.74, 6) is -3.71. The normalized spacial score (nSPS) is 23.8. The molecule has 0 aliphatic carbocycles. The van der Waals surface area contributed by atoms with Crippen LogP contribution in [-0.4, -0.2) is 109 Å². The van der Waals surface area contributed by atoms with Crippen molar-refractivity contribution in [3.8, 4) is 0 Å². The lowest BCUT2D eigenvalue weighted by atomic mass is 9.70. The predicted molar refractivity (Wildman–Crippen MR) is 212 cm³/mol. The van der Waals surface area contributed by atoms with Crippen LogP contribution in [0.4, 0.5) is 0 Å². The summed E-state index contributed by atoms with van der Waals surface area (Å²) >= 11 is 0. The van der Waals surface area contributed by atoms with Crippen LogP contribution >= 0.6 is 0 Å². The minimum Gasteiger partial charge on any atom is -0.455 e. The van der Waals surface area contributed by atoms with E-state index >= 15 is 9.59 Å². The Kier molecular flexibility index (Phi) is 11.7. The van der Waals surface area contributed by atoms with E-state index < -0.39 is 72.2 Å². The molecule has 4 aromatic rings. The van der Waals surface area contributed by atoms with Gasteiger partial charge in [0, 0.05) is 20.0 Å². The second-order valence-corrected chi connectivity index (χ2v) is 15.2. The summed E-state index contributed by atoms with van der Waals surface area (Å²) in [6, 6.07) is 23.6. The van der Waals surface area contributed by atoms with E-state index in [0.717, 1.165) is 11.1 Å². The molecule has 3 fully saturated rings. The van der Waals surface area contributed by atoms with Crippen molar-refractivity contribution in [1.82, 2.24) is 29.7 Å². The average Bonchev–Trinajstić information content (AvgIpc) is 4.00. The number of hydrogen-bond acceptors (Lipinski definition) is 9. The Morgan fingerprint density at radius 3 is 2.44 bits per heavy atom. The molecule has 1 spiro atoms. The molecule has 7 rings (SSSR count). The van der Waals surface area contributed by atoms with Crippen molar-refractivity contribution >= 4 is 34.7 Å². The number of aromatic nitrogens is 3. The Balaban J connectivity index is 1.25. The lowest BCUT2D eigenvalue weighted by Crippen LogP contribution is -2.59. The molecule has 3 saturated heterocycles. The molecule has 0 radical (unpaired) electrons. The molecule has 4 heterocycles. The quantitative estimate of drug-likeness (QED) is 0.121. The molecule has 8 atom stereocenters. The van der Waals surface area contributed by atoms with Crippen LogP contribution in [0.1, 0.15) is 49.8 Å². The number of esters is 1. The maximum absolute atomic E-state index is 15.2. The summed E-state index contributed by atoms with van der Waals surface area (Å²) < 4.78 is 14.8. The van der Waals surface area contributed by atoms with Crippen molar-refractivity contribution < 1.29 is 33.8 Å². The first kappa shape index (κ1) is 39.6. The highest BCUT2D eigenvalue weighted by Crippen LogP contribution is 2.59. The predicted octanol–water partition coefficient (Wildman–Crippen LogP) is 4.48. The van der Waals surface area contributed by atoms with Gasteiger partial charge in [0.25, 0.3) is 0 Å². The minimum atomic E-state index is -1.37. The summed E-state index contributed by atoms with van der Waals surface area (Å²) in [7, 11) is 1.68. The maximum atomic E-state index is 15.2. The Hall–Kier alpha value is -5.66. The van der Waals surface area contributed by atoms with Crippen LogP contribution in [-0.2, 0) is 41.7 Å². The lowest BCUT2D eigenvalue weighted by Gasteiger charge is -2.39. The Morgan fingerprint density at radius 1 is 1.04 bits per heavy atom. The third-order valence-corrected chi connectivity index (χ3v) is 11.9. The minimum absolute atomic E-state index is 0.0116. The van der Waals surface area contributed by atoms with Crippen LogP contribution in [0.15, 0.2) is 110 Å². The van der Waals surface area contributed by atoms with Crippen LogP contribution in [0.25, 0.3) is 11.0 Å². The van der Waals surface area contributed by atoms with Gasteiger partial charge in [-0.1, -0.05) is 90.2 Å². The average molecular weight is 775 g/mol. The summed E-state index contributed by atoms with van der Waals surface area (Å²) in [6.45, 7) is 9.17. The van der Waals surface area contributed by atoms with E-state index in [4.69, 9.17) is 9.47 Å². The van der Waals surface area contributed by atoms with Crippen molar-refractivity contribution in [3.63, 3.8) is 0 Å². The highest BCUT2D eigenvalue weighted by molar-refractivity contribution is 5.98. The van der Waals surface area contributed by atoms with Gasteiger partial charge in [-0.15, -0.1) is 18.3 Å². The molecule has 13 heteroatoms. The number of likely N-dealkylation sites (N-methyl/N-ethyl adjacent to an activating group) is 1. The first-order valence-corrected chi connectivity index (χ1v) is 19.6. The number of para-hydroxylation sites is 1. The van der Waals surface area contributed by atoms with Gasteiger partial charge in [-0.3, -0.25) is 19.2 Å². The van der Waals surface area contributed by atoms with E-state index in [0.29, 0.717) is 30.3 Å². The third-order valence-electron chi connectivity index (χ3n) is 11.9. The molecule has 298 valence electrons. The van der Waals surface area contributed by atoms with Crippen LogP contribution in [0.5, 0.6) is 0 Å². The van der Waals surface area contributed by atoms with Crippen LogP contribution in [0, 0.1) is 11.8 Å². The van der Waals surface area contributed by atoms with Gasteiger partial charge in [-0.05, 0) is 55.9 Å². The van der Waals surface area contributed by atoms with Gasteiger partial charge in [0.1, 0.15) is 29.9 Å². The standard InChI is InChI=1S/C44H50N6O7/c1-5-7-22-36(52)47(4)29(3)39(31-18-12-9-13-19-31)56-43(55)37-35-23-24-44(57-35)38(37)41(53)50(32(27-51)26-30-16-10-8-11-17-30)40(44)42(54)48(25-6-2)28-49-34-21-15-14-20-33(34)45-46-49/h5-6,8-21,29,32,35,37-40,51H,1-2,7,22-28H2,3-4H3/t29-,32+,35-,37+,38+,39+,40-,44+/m0/s1. The lowest BCUT2D eigenvalue weighted by molar-refractivity contribution is -0.165. The number of fused-ring (bicyclic) bond motifs is 2. The summed E-state index contributed by atoms with van der Waals surface area (Å²) in [5.41, 5.74) is 1.58. The molecule has 3 aliphatic rings. The van der Waals surface area contributed by atoms with E-state index in [1.165, 1.54) is 4.90 Å². The van der Waals surface area contributed by atoms with Crippen LogP contribution < -0.4 is 0 Å². The van der Waals surface area contributed by atoms with E-state index in [1.54, 1.807) is 33.7 Å². The van der Waals surface area contributed by atoms with Crippen molar-refractivity contribution in [2.24, 2.45) is 11.8 Å². The third kappa shape index (κ3) is 7.37. The molecule has 1 N–H and O–H groups in total. The Labute approximate surface area is 332 Å². The zero-order chi connectivity index (χ0) is 40.3. The number of nitrogens with zero attached hydrogens (tertiary/aromatic N) is 6. The highest BCUT2D eigenvalue weighted by Gasteiger charge is 2.75. The van der Waals surface area contributed by atoms with Gasteiger partial charge >= 0.3 is 5.97 Å². The maximum Gasteiger partial charge on any atom is 0.313 e. The first-order chi connectivity index (χ1) is 27.6. The van der Waals surface area contributed by atoms with Gasteiger partial charge < -0.3 is 29.3 Å². The summed E-state index contributed by atoms with van der Waals surface area (Å²) in [4.78, 5) is 62.7. The number of rotatable bonds is 17. The Morgan fingerprint density at radius 2 is 1.74 bits per heavy atom. The number of benzene rings is 3. The monoisotopic (exact) mass is 774 g/mol. The fourth-order valence-electron chi connectivity index (χ4n) is 9.02. The molecule has 13 nitrogen and oxygen atoms in total. The van der Waals surface area contributed by atoms with E-state index in [9.17, 15) is 14.7 Å². The second-order valence-electron chi connectivity index (χ2n) is 15.2. The van der Waals surface area contributed by atoms with Crippen molar-refractivity contribution in [2.45, 2.75) is 81.6 Å². The summed E-state index contributed by atoms with van der Waals surface area (Å²) in [5, 5.41) is 19.5. The van der Waals surface area contributed by atoms with E-state index in [2.05, 4.69) is 23.5 Å². The van der Waals surface area contributed by atoms with Crippen molar-refractivity contribution in [1.29, 1.82) is 0 Å². The van der Waals surface area contributed by atoms with Gasteiger partial charge in [0.05, 0.1) is 42.1 Å². The molecule has 3 aromatic carbocycles. The number of amides is 3. The number of carbonyl (C=O) groups excluding carboxylic acids is 4. The molecular formula is C44H50N6O7. The number of likely N-dealkylation sites (tertiary alicyclic amines) is 1. The number of ether oxygens (including phenoxy) is 2. The molecule has 3 amide bonds. The number of allylic oxidation sites excluding steroid dienone is 1. The van der Waals surface area contributed by atoms with E-state index in [-0.39, 0.29) is 32.0 Å². The molecule has 3 aliphatic heterocycles. The van der Waals surface area contributed by atoms with Gasteiger partial charge in [-0.25, -0.2) is 4.68 Å². The molecule has 1 aromatic heterocycles. The van der Waals surface area contributed by atoms with Crippen molar-refractivity contribution in [2.75, 3.05) is 20.2 Å². The zero-order valence-corrected chi connectivity index (χ0v) is 32.4. The van der Waals surface area contributed by atoms with Crippen LogP contribution in [0.2, 0.25) is 0 Å². The second kappa shape index (κ2) is 16.8. The van der Waals surface area contributed by atoms with Crippen LogP contribution in [0.3, 0.4) is 0 Å². The fourth-order valence-corrected chi connectivity index (χ4v) is 9.02. The summed E-state index contributed by atoms with van der Waals surface area (Å²) in [6.07, 6.45) is 3.55. The topological polar surface area (TPSA) is 147 Å². The number of aliphatic hydroxyl groups is 1. The first-order valence-electron chi connectivity index (χ1n) is 19.6. The van der Waals surface area contributed by atoms with Gasteiger partial charge in [0.2, 0.25) is 17.7 Å². The number of aliphatic hydroxyl groups excluding tert-OH is 1. The van der Waals surface area contributed by atoms with E-state index in [1.807, 2.05) is 91.9 Å². The molecular weight excluding hydrogens is 725 g/mol. The number of carbonyl (C=O) groups is 4. The highest BCUT2D eigenvalue weighted by atomic mass is 16.6. The molecule has 0 unspecified atom stereocenters. The SMILES string of the molecule is C=CCCC(=O)N(C)[C@@H](C)[C@@H](OC(=O)[C@@H]1[C@@H]2CC[C@]3(O2)[C@H](C(=O)N(CC=C)Cn2nnc4ccccc42)N([C@@H](CO)Cc2ccccc2)C(=O)[C@@H]13)c1ccccc1. The number of hydrogen-bond donors (Lipinski definition) is 1.